The van der Waals surface area contributed by atoms with Gasteiger partial charge in [-0.1, -0.05) is 12.8 Å². The minimum Gasteiger partial charge on any atom is -0.493 e. The van der Waals surface area contributed by atoms with E-state index in [4.69, 9.17) is 14.2 Å². The van der Waals surface area contributed by atoms with Gasteiger partial charge in [-0.25, -0.2) is 0 Å². The van der Waals surface area contributed by atoms with Crippen molar-refractivity contribution in [2.75, 3.05) is 27.9 Å². The molecule has 2 aromatic rings. The largest absolute Gasteiger partial charge is 0.493 e. The average Bonchev–Trinajstić information content (AvgIpc) is 3.42. The highest BCUT2D eigenvalue weighted by Crippen LogP contribution is 2.41. The van der Waals surface area contributed by atoms with Crippen LogP contribution in [0.4, 0.5) is 0 Å². The molecule has 3 rings (SSSR count). The molecule has 0 saturated heterocycles. The second kappa shape index (κ2) is 9.15. The molecule has 0 aliphatic heterocycles. The van der Waals surface area contributed by atoms with Crippen molar-refractivity contribution in [1.29, 1.82) is 0 Å². The van der Waals surface area contributed by atoms with Crippen LogP contribution in [-0.2, 0) is 10.2 Å². The van der Waals surface area contributed by atoms with Gasteiger partial charge in [-0.2, -0.15) is 11.3 Å². The Morgan fingerprint density at radius 3 is 2.36 bits per heavy atom. The van der Waals surface area contributed by atoms with Crippen molar-refractivity contribution in [3.63, 3.8) is 0 Å². The summed E-state index contributed by atoms with van der Waals surface area (Å²) < 4.78 is 16.0. The van der Waals surface area contributed by atoms with Gasteiger partial charge in [0, 0.05) is 18.0 Å². The van der Waals surface area contributed by atoms with Gasteiger partial charge in [0.2, 0.25) is 11.7 Å². The first-order valence-corrected chi connectivity index (χ1v) is 10.3. The molecule has 1 aromatic heterocycles. The smallest absolute Gasteiger partial charge is 0.244 e. The van der Waals surface area contributed by atoms with Gasteiger partial charge in [0.15, 0.2) is 11.5 Å². The Morgan fingerprint density at radius 1 is 1.14 bits per heavy atom. The van der Waals surface area contributed by atoms with Crippen LogP contribution in [-0.4, -0.2) is 33.8 Å². The van der Waals surface area contributed by atoms with Crippen molar-refractivity contribution in [1.82, 2.24) is 5.32 Å². The predicted octanol–water partition coefficient (Wildman–Crippen LogP) is 4.42. The summed E-state index contributed by atoms with van der Waals surface area (Å²) in [6.07, 6.45) is 7.99. The van der Waals surface area contributed by atoms with E-state index in [9.17, 15) is 4.79 Å². The van der Waals surface area contributed by atoms with Crippen LogP contribution < -0.4 is 19.5 Å². The molecule has 0 atom stereocenters. The molecule has 0 radical (unpaired) electrons. The molecule has 1 N–H and O–H groups in total. The van der Waals surface area contributed by atoms with E-state index < -0.39 is 0 Å². The summed E-state index contributed by atoms with van der Waals surface area (Å²) in [5, 5.41) is 7.42. The summed E-state index contributed by atoms with van der Waals surface area (Å²) in [4.78, 5) is 12.4. The fourth-order valence-electron chi connectivity index (χ4n) is 3.87. The molecule has 0 bridgehead atoms. The quantitative estimate of drug-likeness (QED) is 0.666. The maximum Gasteiger partial charge on any atom is 0.244 e. The van der Waals surface area contributed by atoms with Gasteiger partial charge in [0.05, 0.1) is 21.3 Å². The summed E-state index contributed by atoms with van der Waals surface area (Å²) in [7, 11) is 4.71. The summed E-state index contributed by atoms with van der Waals surface area (Å²) in [6, 6.07) is 5.82. The van der Waals surface area contributed by atoms with Gasteiger partial charge in [0.1, 0.15) is 0 Å². The Morgan fingerprint density at radius 2 is 1.82 bits per heavy atom. The van der Waals surface area contributed by atoms with E-state index in [2.05, 4.69) is 22.1 Å². The van der Waals surface area contributed by atoms with Gasteiger partial charge in [0.25, 0.3) is 0 Å². The Balaban J connectivity index is 1.68. The van der Waals surface area contributed by atoms with Crippen LogP contribution >= 0.6 is 11.3 Å². The van der Waals surface area contributed by atoms with E-state index in [-0.39, 0.29) is 11.3 Å². The molecule has 1 heterocycles. The summed E-state index contributed by atoms with van der Waals surface area (Å²) in [6.45, 7) is 0.669. The molecule has 0 spiro atoms. The highest BCUT2D eigenvalue weighted by Gasteiger charge is 2.36. The fraction of sp³-hybridized carbons (Fsp3) is 0.409. The van der Waals surface area contributed by atoms with Gasteiger partial charge >= 0.3 is 0 Å². The van der Waals surface area contributed by atoms with E-state index in [0.29, 0.717) is 23.8 Å². The Labute approximate surface area is 170 Å². The van der Waals surface area contributed by atoms with Crippen molar-refractivity contribution >= 4 is 23.3 Å². The van der Waals surface area contributed by atoms with E-state index in [1.54, 1.807) is 44.8 Å². The lowest BCUT2D eigenvalue weighted by molar-refractivity contribution is -0.116. The van der Waals surface area contributed by atoms with E-state index in [1.807, 2.05) is 12.1 Å². The zero-order valence-corrected chi connectivity index (χ0v) is 17.4. The zero-order valence-electron chi connectivity index (χ0n) is 16.6. The standard InChI is InChI=1S/C22H27NO4S/c1-25-18-12-16(13-19(26-2)21(18)27-3)6-7-20(24)23-15-22(9-4-5-10-22)17-8-11-28-14-17/h6-8,11-14H,4-5,9-10,15H2,1-3H3,(H,23,24)/b7-6+. The summed E-state index contributed by atoms with van der Waals surface area (Å²) >= 11 is 1.72. The number of hydrogen-bond donors (Lipinski definition) is 1. The monoisotopic (exact) mass is 401 g/mol. The first-order valence-electron chi connectivity index (χ1n) is 9.40. The Hall–Kier alpha value is -2.47. The number of carbonyl (C=O) groups excluding carboxylic acids is 1. The molecule has 28 heavy (non-hydrogen) atoms. The minimum atomic E-state index is -0.102. The van der Waals surface area contributed by atoms with Crippen molar-refractivity contribution in [2.24, 2.45) is 0 Å². The lowest BCUT2D eigenvalue weighted by Crippen LogP contribution is -2.38. The van der Waals surface area contributed by atoms with Crippen molar-refractivity contribution in [3.8, 4) is 17.2 Å². The molecule has 1 aliphatic rings. The zero-order chi connectivity index (χ0) is 20.0. The van der Waals surface area contributed by atoms with Crippen LogP contribution in [0.5, 0.6) is 17.2 Å². The Bertz CT molecular complexity index is 798. The highest BCUT2D eigenvalue weighted by molar-refractivity contribution is 7.08. The maximum absolute atomic E-state index is 12.4. The van der Waals surface area contributed by atoms with Gasteiger partial charge in [-0.05, 0) is 59.0 Å². The van der Waals surface area contributed by atoms with E-state index in [1.165, 1.54) is 18.4 Å². The van der Waals surface area contributed by atoms with Crippen LogP contribution in [0.1, 0.15) is 36.8 Å². The molecule has 0 unspecified atom stereocenters. The fourth-order valence-corrected chi connectivity index (χ4v) is 4.65. The second-order valence-corrected chi connectivity index (χ2v) is 7.79. The molecule has 150 valence electrons. The predicted molar refractivity (Wildman–Crippen MR) is 113 cm³/mol. The molecule has 1 saturated carbocycles. The molecule has 5 nitrogen and oxygen atoms in total. The lowest BCUT2D eigenvalue weighted by Gasteiger charge is -2.28. The third-order valence-corrected chi connectivity index (χ3v) is 6.09. The molecular formula is C22H27NO4S. The lowest BCUT2D eigenvalue weighted by atomic mass is 9.80. The maximum atomic E-state index is 12.4. The van der Waals surface area contributed by atoms with Crippen LogP contribution in [0.25, 0.3) is 6.08 Å². The number of ether oxygens (including phenoxy) is 3. The first-order chi connectivity index (χ1) is 13.6. The normalized spacial score (nSPS) is 15.5. The SMILES string of the molecule is COc1cc(/C=C/C(=O)NCC2(c3ccsc3)CCCC2)cc(OC)c1OC. The van der Waals surface area contributed by atoms with Crippen LogP contribution in [0.3, 0.4) is 0 Å². The molecule has 1 amide bonds. The number of nitrogens with one attached hydrogen (secondary N) is 1. The molecule has 1 aromatic carbocycles. The third kappa shape index (κ3) is 4.33. The summed E-state index contributed by atoms with van der Waals surface area (Å²) in [5.41, 5.74) is 2.23. The number of benzene rings is 1. The molecule has 1 aliphatic carbocycles. The van der Waals surface area contributed by atoms with Crippen LogP contribution in [0.2, 0.25) is 0 Å². The minimum absolute atomic E-state index is 0.0794. The van der Waals surface area contributed by atoms with Crippen molar-refractivity contribution in [2.45, 2.75) is 31.1 Å². The number of hydrogen-bond acceptors (Lipinski definition) is 5. The van der Waals surface area contributed by atoms with Crippen molar-refractivity contribution in [3.05, 3.63) is 46.2 Å². The first kappa shape index (κ1) is 20.3. The van der Waals surface area contributed by atoms with Gasteiger partial charge in [-0.15, -0.1) is 0 Å². The highest BCUT2D eigenvalue weighted by atomic mass is 32.1. The van der Waals surface area contributed by atoms with E-state index >= 15 is 0 Å². The van der Waals surface area contributed by atoms with Gasteiger partial charge in [-0.3, -0.25) is 4.79 Å². The van der Waals surface area contributed by atoms with E-state index in [0.717, 1.165) is 18.4 Å². The number of thiophene rings is 1. The average molecular weight is 402 g/mol. The number of methoxy groups -OCH3 is 3. The molecule has 6 heteroatoms. The number of carbonyl (C=O) groups is 1. The van der Waals surface area contributed by atoms with Gasteiger partial charge < -0.3 is 19.5 Å². The number of amides is 1. The van der Waals surface area contributed by atoms with Crippen LogP contribution in [0, 0.1) is 0 Å². The third-order valence-electron chi connectivity index (χ3n) is 5.41. The molecular weight excluding hydrogens is 374 g/mol. The second-order valence-electron chi connectivity index (χ2n) is 7.01. The van der Waals surface area contributed by atoms with Crippen LogP contribution in [0.15, 0.2) is 35.0 Å². The number of rotatable bonds is 8. The topological polar surface area (TPSA) is 56.8 Å². The van der Waals surface area contributed by atoms with Crippen molar-refractivity contribution < 1.29 is 19.0 Å². The molecule has 1 fully saturated rings. The Kier molecular flexibility index (Phi) is 6.62. The summed E-state index contributed by atoms with van der Waals surface area (Å²) in [5.74, 6) is 1.55.